The van der Waals surface area contributed by atoms with E-state index in [0.717, 1.165) is 12.0 Å². The number of aliphatic hydroxyl groups is 1. The van der Waals surface area contributed by atoms with Gasteiger partial charge >= 0.3 is 5.69 Å². The number of nitrogens with zero attached hydrogens (tertiary/aromatic N) is 3. The predicted octanol–water partition coefficient (Wildman–Crippen LogP) is 1.30. The Hall–Kier alpha value is -3.07. The first-order chi connectivity index (χ1) is 13.8. The zero-order valence-electron chi connectivity index (χ0n) is 17.2. The minimum Gasteiger partial charge on any atom is -0.491 e. The van der Waals surface area contributed by atoms with Crippen molar-refractivity contribution in [3.63, 3.8) is 0 Å². The smallest absolute Gasteiger partial charge is 0.329 e. The Kier molecular flexibility index (Phi) is 6.07. The maximum Gasteiger partial charge on any atom is 0.329 e. The molecule has 9 nitrogen and oxygen atoms in total. The lowest BCUT2D eigenvalue weighted by Gasteiger charge is -2.16. The molecule has 2 aromatic heterocycles. The molecular weight excluding hydrogens is 374 g/mol. The van der Waals surface area contributed by atoms with Crippen LogP contribution in [0.5, 0.6) is 5.75 Å². The molecule has 0 saturated carbocycles. The van der Waals surface area contributed by atoms with Crippen molar-refractivity contribution in [3.05, 3.63) is 50.2 Å². The molecule has 9 heteroatoms. The van der Waals surface area contributed by atoms with Gasteiger partial charge < -0.3 is 19.7 Å². The number of benzene rings is 1. The van der Waals surface area contributed by atoms with Gasteiger partial charge in [-0.1, -0.05) is 13.0 Å². The van der Waals surface area contributed by atoms with Gasteiger partial charge in [0.25, 0.3) is 5.56 Å². The number of aromatic nitrogens is 4. The van der Waals surface area contributed by atoms with E-state index in [4.69, 9.17) is 4.74 Å². The fourth-order valence-corrected chi connectivity index (χ4v) is 3.04. The highest BCUT2D eigenvalue weighted by Crippen LogP contribution is 2.18. The van der Waals surface area contributed by atoms with Gasteiger partial charge in [0, 0.05) is 13.6 Å². The second-order valence-corrected chi connectivity index (χ2v) is 7.17. The van der Waals surface area contributed by atoms with E-state index in [1.807, 2.05) is 39.0 Å². The van der Waals surface area contributed by atoms with E-state index in [9.17, 15) is 14.7 Å². The number of rotatable bonds is 8. The van der Waals surface area contributed by atoms with Crippen LogP contribution in [-0.2, 0) is 13.6 Å². The van der Waals surface area contributed by atoms with Gasteiger partial charge in [-0.25, -0.2) is 4.79 Å². The lowest BCUT2D eigenvalue weighted by atomic mass is 10.1. The highest BCUT2D eigenvalue weighted by molar-refractivity contribution is 5.74. The summed E-state index contributed by atoms with van der Waals surface area (Å²) < 4.78 is 8.59. The molecule has 2 heterocycles. The highest BCUT2D eigenvalue weighted by atomic mass is 16.5. The summed E-state index contributed by atoms with van der Waals surface area (Å²) in [4.78, 5) is 31.0. The van der Waals surface area contributed by atoms with Crippen LogP contribution >= 0.6 is 0 Å². The van der Waals surface area contributed by atoms with Gasteiger partial charge in [-0.05, 0) is 43.5 Å². The number of H-pyrrole nitrogens is 1. The summed E-state index contributed by atoms with van der Waals surface area (Å²) in [5.74, 6) is 1.10. The Bertz CT molecular complexity index is 1130. The second-order valence-electron chi connectivity index (χ2n) is 7.17. The van der Waals surface area contributed by atoms with E-state index in [-0.39, 0.29) is 24.3 Å². The van der Waals surface area contributed by atoms with Gasteiger partial charge in [-0.2, -0.15) is 4.98 Å². The molecule has 3 rings (SSSR count). The van der Waals surface area contributed by atoms with Crippen LogP contribution in [0.1, 0.15) is 24.5 Å². The topological polar surface area (TPSA) is 114 Å². The number of fused-ring (bicyclic) bond motifs is 1. The average molecular weight is 401 g/mol. The molecule has 0 saturated heterocycles. The number of nitrogens with one attached hydrogen (secondary N) is 2. The average Bonchev–Trinajstić information content (AvgIpc) is 3.04. The van der Waals surface area contributed by atoms with Gasteiger partial charge in [0.05, 0.1) is 6.54 Å². The summed E-state index contributed by atoms with van der Waals surface area (Å²) in [6, 6.07) is 5.74. The summed E-state index contributed by atoms with van der Waals surface area (Å²) in [7, 11) is 1.54. The molecule has 1 aromatic carbocycles. The Morgan fingerprint density at radius 2 is 2.03 bits per heavy atom. The molecule has 0 fully saturated rings. The van der Waals surface area contributed by atoms with E-state index in [1.165, 1.54) is 10.1 Å². The normalized spacial score (nSPS) is 12.3. The van der Waals surface area contributed by atoms with Crippen LogP contribution < -0.4 is 21.3 Å². The van der Waals surface area contributed by atoms with E-state index < -0.39 is 17.4 Å². The fourth-order valence-electron chi connectivity index (χ4n) is 3.04. The van der Waals surface area contributed by atoms with Crippen molar-refractivity contribution in [1.29, 1.82) is 0 Å². The first kappa shape index (κ1) is 20.7. The van der Waals surface area contributed by atoms with E-state index in [1.54, 1.807) is 11.6 Å². The molecule has 3 N–H and O–H groups in total. The molecule has 0 aliphatic heterocycles. The molecule has 0 radical (unpaired) electrons. The quantitative estimate of drug-likeness (QED) is 0.524. The van der Waals surface area contributed by atoms with E-state index >= 15 is 0 Å². The molecule has 0 aliphatic carbocycles. The summed E-state index contributed by atoms with van der Waals surface area (Å²) in [5.41, 5.74) is 1.70. The largest absolute Gasteiger partial charge is 0.491 e. The van der Waals surface area contributed by atoms with Gasteiger partial charge in [-0.15, -0.1) is 0 Å². The highest BCUT2D eigenvalue weighted by Gasteiger charge is 2.19. The zero-order chi connectivity index (χ0) is 21.1. The molecule has 1 atom stereocenters. The maximum absolute atomic E-state index is 12.4. The molecular formula is C20H27N5O4. The second kappa shape index (κ2) is 8.52. The van der Waals surface area contributed by atoms with Crippen molar-refractivity contribution < 1.29 is 9.84 Å². The summed E-state index contributed by atoms with van der Waals surface area (Å²) in [6.45, 7) is 6.82. The van der Waals surface area contributed by atoms with Crippen LogP contribution in [0.4, 0.5) is 5.95 Å². The molecule has 29 heavy (non-hydrogen) atoms. The minimum atomic E-state index is -0.882. The third kappa shape index (κ3) is 4.34. The van der Waals surface area contributed by atoms with E-state index in [0.29, 0.717) is 18.2 Å². The number of imidazole rings is 1. The molecule has 0 spiro atoms. The van der Waals surface area contributed by atoms with Crippen LogP contribution in [0.15, 0.2) is 27.8 Å². The number of ether oxygens (including phenoxy) is 1. The number of hydrogen-bond donors (Lipinski definition) is 3. The lowest BCUT2D eigenvalue weighted by molar-refractivity contribution is 0.0938. The van der Waals surface area contributed by atoms with Crippen LogP contribution in [-0.4, -0.2) is 43.5 Å². The van der Waals surface area contributed by atoms with Crippen LogP contribution in [0.2, 0.25) is 0 Å². The molecule has 0 unspecified atom stereocenters. The third-order valence-corrected chi connectivity index (χ3v) is 4.85. The first-order valence-corrected chi connectivity index (χ1v) is 9.63. The van der Waals surface area contributed by atoms with Crippen LogP contribution in [0.25, 0.3) is 11.2 Å². The Balaban J connectivity index is 1.87. The van der Waals surface area contributed by atoms with Crippen LogP contribution in [0, 0.1) is 13.8 Å². The van der Waals surface area contributed by atoms with Crippen LogP contribution in [0.3, 0.4) is 0 Å². The van der Waals surface area contributed by atoms with E-state index in [2.05, 4.69) is 15.3 Å². The molecule has 0 amide bonds. The van der Waals surface area contributed by atoms with Gasteiger partial charge in [0.2, 0.25) is 5.95 Å². The zero-order valence-corrected chi connectivity index (χ0v) is 17.2. The third-order valence-electron chi connectivity index (χ3n) is 4.85. The number of aliphatic hydroxyl groups excluding tert-OH is 1. The number of anilines is 1. The minimum absolute atomic E-state index is 0.0546. The van der Waals surface area contributed by atoms with Crippen molar-refractivity contribution >= 4 is 17.1 Å². The fraction of sp³-hybridized carbons (Fsp3) is 0.450. The first-order valence-electron chi connectivity index (χ1n) is 9.63. The van der Waals surface area contributed by atoms with Gasteiger partial charge in [0.15, 0.2) is 11.2 Å². The predicted molar refractivity (Wildman–Crippen MR) is 112 cm³/mol. The SMILES string of the molecule is CCCNc1nc2c(c(=O)[nH]c(=O)n2C)n1C[C@H](O)COc1ccc(C)c(C)c1. The van der Waals surface area contributed by atoms with Crippen molar-refractivity contribution in [3.8, 4) is 5.75 Å². The summed E-state index contributed by atoms with van der Waals surface area (Å²) >= 11 is 0. The Labute approximate surface area is 168 Å². The Morgan fingerprint density at radius 3 is 2.72 bits per heavy atom. The molecule has 0 aliphatic rings. The van der Waals surface area contributed by atoms with Crippen molar-refractivity contribution in [2.24, 2.45) is 7.05 Å². The lowest BCUT2D eigenvalue weighted by Crippen LogP contribution is -2.31. The number of aryl methyl sites for hydroxylation is 3. The summed E-state index contributed by atoms with van der Waals surface area (Å²) in [5, 5.41) is 13.7. The Morgan fingerprint density at radius 1 is 1.28 bits per heavy atom. The van der Waals surface area contributed by atoms with Gasteiger partial charge in [0.1, 0.15) is 18.5 Å². The van der Waals surface area contributed by atoms with Crippen molar-refractivity contribution in [1.82, 2.24) is 19.1 Å². The molecule has 3 aromatic rings. The number of hydrogen-bond acceptors (Lipinski definition) is 6. The monoisotopic (exact) mass is 401 g/mol. The molecule has 0 bridgehead atoms. The van der Waals surface area contributed by atoms with Gasteiger partial charge in [-0.3, -0.25) is 14.3 Å². The maximum atomic E-state index is 12.4. The van der Waals surface area contributed by atoms with Crippen molar-refractivity contribution in [2.45, 2.75) is 39.8 Å². The molecule has 156 valence electrons. The standard InChI is InChI=1S/C20H27N5O4/c1-5-8-21-19-22-17-16(18(27)23-20(28)24(17)4)25(19)10-14(26)11-29-15-7-6-12(2)13(3)9-15/h6-7,9,14,26H,5,8,10-11H2,1-4H3,(H,21,22)(H,23,27,28)/t14-/m0/s1. The number of aromatic amines is 1. The van der Waals surface area contributed by atoms with Crippen molar-refractivity contribution in [2.75, 3.05) is 18.5 Å². The summed E-state index contributed by atoms with van der Waals surface area (Å²) in [6.07, 6.45) is -0.0236.